The Morgan fingerprint density at radius 3 is 2.96 bits per heavy atom. The van der Waals surface area contributed by atoms with E-state index in [1.165, 1.54) is 6.07 Å². The summed E-state index contributed by atoms with van der Waals surface area (Å²) >= 11 is 11.2. The highest BCUT2D eigenvalue weighted by atomic mass is 79.9. The summed E-state index contributed by atoms with van der Waals surface area (Å²) in [5.74, 6) is 0.168. The average molecular weight is 451 g/mol. The van der Waals surface area contributed by atoms with Crippen LogP contribution in [0.15, 0.2) is 45.9 Å². The Morgan fingerprint density at radius 1 is 1.36 bits per heavy atom. The summed E-state index contributed by atoms with van der Waals surface area (Å²) in [7, 11) is 0. The Labute approximate surface area is 162 Å². The third-order valence-corrected chi connectivity index (χ3v) is 5.73. The molecule has 0 bridgehead atoms. The van der Waals surface area contributed by atoms with Crippen LogP contribution in [0, 0.1) is 0 Å². The summed E-state index contributed by atoms with van der Waals surface area (Å²) in [5, 5.41) is 0.847. The number of thioether (sulfide) groups is 1. The van der Waals surface area contributed by atoms with E-state index < -0.39 is 6.61 Å². The van der Waals surface area contributed by atoms with Gasteiger partial charge in [-0.05, 0) is 53.0 Å². The fourth-order valence-electron chi connectivity index (χ4n) is 2.64. The van der Waals surface area contributed by atoms with E-state index in [-0.39, 0.29) is 17.1 Å². The number of nitrogens with zero attached hydrogens (tertiary/aromatic N) is 1. The standard InChI is InChI=1S/C17H15BrClF2NO2S/c18-10-6-14(19)16(22-9-10)15-8-13(4-5-23-15)25-12-3-1-2-11(7-12)24-17(20)21/h1-3,6-7,9,13,15,17H,4-5,8H2. The number of ether oxygens (including phenoxy) is 2. The van der Waals surface area contributed by atoms with E-state index in [1.807, 2.05) is 6.07 Å². The predicted molar refractivity (Wildman–Crippen MR) is 97.6 cm³/mol. The van der Waals surface area contributed by atoms with Gasteiger partial charge in [0, 0.05) is 27.4 Å². The van der Waals surface area contributed by atoms with Crippen LogP contribution in [0.3, 0.4) is 0 Å². The zero-order chi connectivity index (χ0) is 17.8. The molecule has 0 spiro atoms. The van der Waals surface area contributed by atoms with Crippen molar-refractivity contribution in [3.63, 3.8) is 0 Å². The van der Waals surface area contributed by atoms with E-state index in [4.69, 9.17) is 16.3 Å². The molecule has 3 rings (SSSR count). The number of benzene rings is 1. The molecule has 1 aliphatic rings. The van der Waals surface area contributed by atoms with Gasteiger partial charge in [-0.15, -0.1) is 11.8 Å². The van der Waals surface area contributed by atoms with Crippen LogP contribution >= 0.6 is 39.3 Å². The average Bonchev–Trinajstić information content (AvgIpc) is 2.55. The van der Waals surface area contributed by atoms with E-state index in [9.17, 15) is 8.78 Å². The summed E-state index contributed by atoms with van der Waals surface area (Å²) in [6.45, 7) is -2.22. The Morgan fingerprint density at radius 2 is 2.20 bits per heavy atom. The number of aromatic nitrogens is 1. The van der Waals surface area contributed by atoms with Crippen LogP contribution in [-0.4, -0.2) is 23.5 Å². The lowest BCUT2D eigenvalue weighted by Gasteiger charge is -2.29. The molecule has 8 heteroatoms. The van der Waals surface area contributed by atoms with Gasteiger partial charge >= 0.3 is 6.61 Å². The van der Waals surface area contributed by atoms with Crippen molar-refractivity contribution in [1.82, 2.24) is 4.98 Å². The molecular weight excluding hydrogens is 436 g/mol. The van der Waals surface area contributed by atoms with Crippen LogP contribution in [0.4, 0.5) is 8.78 Å². The number of pyridine rings is 1. The maximum absolute atomic E-state index is 12.3. The second-order valence-corrected chi connectivity index (χ2v) is 8.19. The Balaban J connectivity index is 1.67. The molecule has 2 aromatic rings. The van der Waals surface area contributed by atoms with Crippen LogP contribution in [0.2, 0.25) is 5.02 Å². The number of hydrogen-bond acceptors (Lipinski definition) is 4. The molecule has 3 nitrogen and oxygen atoms in total. The van der Waals surface area contributed by atoms with Gasteiger partial charge < -0.3 is 9.47 Å². The number of rotatable bonds is 5. The van der Waals surface area contributed by atoms with Gasteiger partial charge in [0.15, 0.2) is 0 Å². The SMILES string of the molecule is FC(F)Oc1cccc(SC2CCOC(c3ncc(Br)cc3Cl)C2)c1. The quantitative estimate of drug-likeness (QED) is 0.550. The lowest BCUT2D eigenvalue weighted by atomic mass is 10.1. The third-order valence-electron chi connectivity index (χ3n) is 3.71. The van der Waals surface area contributed by atoms with Crippen LogP contribution in [0.1, 0.15) is 24.6 Å². The van der Waals surface area contributed by atoms with Gasteiger partial charge in [0.05, 0.1) is 10.7 Å². The molecule has 2 atom stereocenters. The van der Waals surface area contributed by atoms with Crippen molar-refractivity contribution in [2.24, 2.45) is 0 Å². The lowest BCUT2D eigenvalue weighted by molar-refractivity contribution is -0.0499. The topological polar surface area (TPSA) is 31.4 Å². The Bertz CT molecular complexity index is 738. The minimum Gasteiger partial charge on any atom is -0.435 e. The fourth-order valence-corrected chi connectivity index (χ4v) is 4.60. The molecule has 0 aliphatic carbocycles. The van der Waals surface area contributed by atoms with Crippen LogP contribution < -0.4 is 4.74 Å². The molecule has 1 aromatic carbocycles. The Kier molecular flexibility index (Phi) is 6.55. The second kappa shape index (κ2) is 8.66. The summed E-state index contributed by atoms with van der Waals surface area (Å²) in [4.78, 5) is 5.26. The highest BCUT2D eigenvalue weighted by molar-refractivity contribution is 9.10. The summed E-state index contributed by atoms with van der Waals surface area (Å²) in [5.41, 5.74) is 0.727. The minimum absolute atomic E-state index is 0.168. The molecule has 2 unspecified atom stereocenters. The molecule has 25 heavy (non-hydrogen) atoms. The van der Waals surface area contributed by atoms with E-state index in [0.717, 1.165) is 27.9 Å². The molecule has 1 saturated heterocycles. The summed E-state index contributed by atoms with van der Waals surface area (Å²) < 4.78 is 35.8. The van der Waals surface area contributed by atoms with Crippen molar-refractivity contribution in [2.75, 3.05) is 6.61 Å². The van der Waals surface area contributed by atoms with Crippen molar-refractivity contribution in [3.8, 4) is 5.75 Å². The molecule has 0 N–H and O–H groups in total. The first kappa shape index (κ1) is 18.9. The zero-order valence-electron chi connectivity index (χ0n) is 13.0. The summed E-state index contributed by atoms with van der Waals surface area (Å²) in [6.07, 6.45) is 3.15. The molecule has 1 fully saturated rings. The normalized spacial score (nSPS) is 20.7. The van der Waals surface area contributed by atoms with Crippen molar-refractivity contribution in [1.29, 1.82) is 0 Å². The van der Waals surface area contributed by atoms with Gasteiger partial charge in [-0.25, -0.2) is 0 Å². The van der Waals surface area contributed by atoms with Gasteiger partial charge in [-0.3, -0.25) is 4.98 Å². The summed E-state index contributed by atoms with van der Waals surface area (Å²) in [6, 6.07) is 8.55. The number of hydrogen-bond donors (Lipinski definition) is 0. The molecule has 1 aromatic heterocycles. The van der Waals surface area contributed by atoms with Gasteiger partial charge in [-0.2, -0.15) is 8.78 Å². The highest BCUT2D eigenvalue weighted by Crippen LogP contribution is 2.39. The minimum atomic E-state index is -2.82. The first-order valence-corrected chi connectivity index (χ1v) is 9.70. The first-order valence-electron chi connectivity index (χ1n) is 7.65. The largest absolute Gasteiger partial charge is 0.435 e. The zero-order valence-corrected chi connectivity index (χ0v) is 16.2. The highest BCUT2D eigenvalue weighted by Gasteiger charge is 2.27. The van der Waals surface area contributed by atoms with Crippen molar-refractivity contribution >= 4 is 39.3 Å². The molecule has 0 radical (unpaired) electrons. The number of alkyl halides is 2. The van der Waals surface area contributed by atoms with Gasteiger partial charge in [0.2, 0.25) is 0 Å². The predicted octanol–water partition coefficient (Wildman–Crippen LogP) is 6.11. The smallest absolute Gasteiger partial charge is 0.387 e. The van der Waals surface area contributed by atoms with Crippen LogP contribution in [0.25, 0.3) is 0 Å². The molecule has 0 saturated carbocycles. The Hall–Kier alpha value is -0.890. The molecular formula is C17H15BrClF2NO2S. The third kappa shape index (κ3) is 5.29. The van der Waals surface area contributed by atoms with Gasteiger partial charge in [-0.1, -0.05) is 17.7 Å². The van der Waals surface area contributed by atoms with Crippen LogP contribution in [0.5, 0.6) is 5.75 Å². The first-order chi connectivity index (χ1) is 12.0. The lowest BCUT2D eigenvalue weighted by Crippen LogP contribution is -2.22. The van der Waals surface area contributed by atoms with Gasteiger partial charge in [0.1, 0.15) is 11.9 Å². The molecule has 2 heterocycles. The van der Waals surface area contributed by atoms with E-state index in [0.29, 0.717) is 11.6 Å². The maximum atomic E-state index is 12.3. The molecule has 1 aliphatic heterocycles. The van der Waals surface area contributed by atoms with Crippen molar-refractivity contribution < 1.29 is 18.3 Å². The van der Waals surface area contributed by atoms with Crippen LogP contribution in [-0.2, 0) is 4.74 Å². The van der Waals surface area contributed by atoms with Crippen molar-refractivity contribution in [3.05, 3.63) is 51.7 Å². The molecule has 0 amide bonds. The van der Waals surface area contributed by atoms with Crippen molar-refractivity contribution in [2.45, 2.75) is 35.7 Å². The fraction of sp³-hybridized carbons (Fsp3) is 0.353. The monoisotopic (exact) mass is 449 g/mol. The van der Waals surface area contributed by atoms with E-state index in [1.54, 1.807) is 36.2 Å². The molecule has 134 valence electrons. The second-order valence-electron chi connectivity index (χ2n) is 5.50. The maximum Gasteiger partial charge on any atom is 0.387 e. The van der Waals surface area contributed by atoms with E-state index in [2.05, 4.69) is 25.7 Å². The van der Waals surface area contributed by atoms with E-state index >= 15 is 0 Å². The number of halogens is 4. The van der Waals surface area contributed by atoms with Gasteiger partial charge in [0.25, 0.3) is 0 Å².